The van der Waals surface area contributed by atoms with E-state index in [4.69, 9.17) is 34.8 Å². The standard InChI is InChI=1S/C18H13Cl3N2O2/c1-9-3-10(2)5-13(4-9)22-16-15(21)17(24)23(18(16)25)14-7-11(19)6-12(20)8-14/h3-8,22H,1-2H3. The highest BCUT2D eigenvalue weighted by molar-refractivity contribution is 6.53. The topological polar surface area (TPSA) is 49.4 Å². The highest BCUT2D eigenvalue weighted by Gasteiger charge is 2.39. The summed E-state index contributed by atoms with van der Waals surface area (Å²) in [6.07, 6.45) is 0. The highest BCUT2D eigenvalue weighted by atomic mass is 35.5. The summed E-state index contributed by atoms with van der Waals surface area (Å²) in [4.78, 5) is 26.1. The molecule has 1 aliphatic heterocycles. The van der Waals surface area contributed by atoms with Gasteiger partial charge in [0, 0.05) is 15.7 Å². The van der Waals surface area contributed by atoms with Gasteiger partial charge in [-0.1, -0.05) is 40.9 Å². The Hall–Kier alpha value is -2.01. The summed E-state index contributed by atoms with van der Waals surface area (Å²) in [6.45, 7) is 3.88. The Labute approximate surface area is 160 Å². The van der Waals surface area contributed by atoms with Crippen molar-refractivity contribution in [3.05, 3.63) is 68.3 Å². The monoisotopic (exact) mass is 394 g/mol. The molecule has 4 nitrogen and oxygen atoms in total. The zero-order chi connectivity index (χ0) is 18.3. The Kier molecular flexibility index (Phi) is 4.78. The lowest BCUT2D eigenvalue weighted by Gasteiger charge is -2.16. The van der Waals surface area contributed by atoms with Crippen molar-refractivity contribution in [2.75, 3.05) is 10.2 Å². The number of anilines is 2. The van der Waals surface area contributed by atoms with Crippen LogP contribution in [-0.2, 0) is 9.59 Å². The molecule has 0 aliphatic carbocycles. The van der Waals surface area contributed by atoms with Gasteiger partial charge in [0.1, 0.15) is 10.7 Å². The van der Waals surface area contributed by atoms with E-state index >= 15 is 0 Å². The average Bonchev–Trinajstić information content (AvgIpc) is 2.69. The average molecular weight is 396 g/mol. The van der Waals surface area contributed by atoms with Crippen molar-refractivity contribution in [1.82, 2.24) is 0 Å². The van der Waals surface area contributed by atoms with Gasteiger partial charge in [-0.2, -0.15) is 0 Å². The molecule has 0 aromatic heterocycles. The van der Waals surface area contributed by atoms with Crippen LogP contribution in [0.4, 0.5) is 11.4 Å². The molecule has 0 radical (unpaired) electrons. The second-order valence-electron chi connectivity index (χ2n) is 5.76. The molecular formula is C18H13Cl3N2O2. The van der Waals surface area contributed by atoms with Gasteiger partial charge in [-0.15, -0.1) is 0 Å². The van der Waals surface area contributed by atoms with Crippen molar-refractivity contribution in [2.45, 2.75) is 13.8 Å². The lowest BCUT2D eigenvalue weighted by Crippen LogP contribution is -2.32. The van der Waals surface area contributed by atoms with Crippen LogP contribution < -0.4 is 10.2 Å². The second-order valence-corrected chi connectivity index (χ2v) is 7.01. The third-order valence-corrected chi connectivity index (χ3v) is 4.41. The van der Waals surface area contributed by atoms with Crippen LogP contribution in [0.2, 0.25) is 10.0 Å². The molecule has 0 saturated carbocycles. The maximum absolute atomic E-state index is 12.7. The number of halogens is 3. The van der Waals surface area contributed by atoms with Gasteiger partial charge in [-0.3, -0.25) is 9.59 Å². The fourth-order valence-corrected chi connectivity index (χ4v) is 3.43. The molecule has 2 aromatic rings. The summed E-state index contributed by atoms with van der Waals surface area (Å²) in [5, 5.41) is 3.40. The van der Waals surface area contributed by atoms with Gasteiger partial charge in [0.15, 0.2) is 0 Å². The van der Waals surface area contributed by atoms with Crippen LogP contribution in [0.1, 0.15) is 11.1 Å². The lowest BCUT2D eigenvalue weighted by atomic mass is 10.1. The number of carbonyl (C=O) groups is 2. The minimum Gasteiger partial charge on any atom is -0.350 e. The van der Waals surface area contributed by atoms with Gasteiger partial charge >= 0.3 is 0 Å². The summed E-state index contributed by atoms with van der Waals surface area (Å²) < 4.78 is 0. The zero-order valence-electron chi connectivity index (χ0n) is 13.4. The van der Waals surface area contributed by atoms with Crippen molar-refractivity contribution in [3.8, 4) is 0 Å². The number of aryl methyl sites for hydroxylation is 2. The van der Waals surface area contributed by atoms with E-state index in [1.807, 2.05) is 32.0 Å². The maximum atomic E-state index is 12.7. The molecule has 2 amide bonds. The van der Waals surface area contributed by atoms with E-state index in [0.717, 1.165) is 16.0 Å². The molecule has 2 aromatic carbocycles. The first-order valence-electron chi connectivity index (χ1n) is 7.36. The number of hydrogen-bond acceptors (Lipinski definition) is 3. The summed E-state index contributed by atoms with van der Waals surface area (Å²) >= 11 is 18.0. The second kappa shape index (κ2) is 6.71. The van der Waals surface area contributed by atoms with Crippen LogP contribution >= 0.6 is 34.8 Å². The van der Waals surface area contributed by atoms with Crippen LogP contribution in [0.25, 0.3) is 0 Å². The summed E-state index contributed by atoms with van der Waals surface area (Å²) in [5.74, 6) is -1.19. The number of amides is 2. The summed E-state index contributed by atoms with van der Waals surface area (Å²) in [6, 6.07) is 10.2. The van der Waals surface area contributed by atoms with E-state index in [1.54, 1.807) is 0 Å². The fraction of sp³-hybridized carbons (Fsp3) is 0.111. The maximum Gasteiger partial charge on any atom is 0.283 e. The Morgan fingerprint density at radius 1 is 0.800 bits per heavy atom. The number of carbonyl (C=O) groups excluding carboxylic acids is 2. The predicted octanol–water partition coefficient (Wildman–Crippen LogP) is 5.05. The van der Waals surface area contributed by atoms with Crippen molar-refractivity contribution in [2.24, 2.45) is 0 Å². The first-order chi connectivity index (χ1) is 11.8. The minimum atomic E-state index is -0.628. The van der Waals surface area contributed by atoms with Gasteiger partial charge in [0.2, 0.25) is 0 Å². The largest absolute Gasteiger partial charge is 0.350 e. The number of imide groups is 1. The molecule has 1 heterocycles. The van der Waals surface area contributed by atoms with Crippen molar-refractivity contribution < 1.29 is 9.59 Å². The molecule has 25 heavy (non-hydrogen) atoms. The van der Waals surface area contributed by atoms with Gasteiger partial charge in [-0.25, -0.2) is 4.90 Å². The van der Waals surface area contributed by atoms with E-state index in [-0.39, 0.29) is 16.4 Å². The highest BCUT2D eigenvalue weighted by Crippen LogP contribution is 2.33. The molecule has 1 N–H and O–H groups in total. The number of hydrogen-bond donors (Lipinski definition) is 1. The zero-order valence-corrected chi connectivity index (χ0v) is 15.6. The molecule has 0 fully saturated rings. The van der Waals surface area contributed by atoms with Crippen LogP contribution in [0, 0.1) is 13.8 Å². The number of nitrogens with one attached hydrogen (secondary N) is 1. The smallest absolute Gasteiger partial charge is 0.283 e. The third kappa shape index (κ3) is 3.52. The normalized spacial score (nSPS) is 14.5. The molecule has 1 aliphatic rings. The van der Waals surface area contributed by atoms with Crippen LogP contribution in [-0.4, -0.2) is 11.8 Å². The van der Waals surface area contributed by atoms with Crippen molar-refractivity contribution in [3.63, 3.8) is 0 Å². The van der Waals surface area contributed by atoms with E-state index in [9.17, 15) is 9.59 Å². The minimum absolute atomic E-state index is 0.0211. The molecule has 0 bridgehead atoms. The first kappa shape index (κ1) is 17.8. The molecule has 0 saturated heterocycles. The van der Waals surface area contributed by atoms with Gasteiger partial charge in [-0.05, 0) is 55.3 Å². The Bertz CT molecular complexity index is 897. The third-order valence-electron chi connectivity index (χ3n) is 3.62. The molecule has 0 atom stereocenters. The van der Waals surface area contributed by atoms with E-state index in [0.29, 0.717) is 15.7 Å². The molecule has 7 heteroatoms. The van der Waals surface area contributed by atoms with Crippen molar-refractivity contribution >= 4 is 58.0 Å². The van der Waals surface area contributed by atoms with Crippen LogP contribution in [0.15, 0.2) is 47.1 Å². The molecular weight excluding hydrogens is 383 g/mol. The summed E-state index contributed by atoms with van der Waals surface area (Å²) in [5.41, 5.74) is 3.01. The van der Waals surface area contributed by atoms with Gasteiger partial charge in [0.05, 0.1) is 5.69 Å². The Morgan fingerprint density at radius 2 is 1.36 bits per heavy atom. The quantitative estimate of drug-likeness (QED) is 0.740. The first-order valence-corrected chi connectivity index (χ1v) is 8.49. The molecule has 3 rings (SSSR count). The van der Waals surface area contributed by atoms with Crippen molar-refractivity contribution in [1.29, 1.82) is 0 Å². The van der Waals surface area contributed by atoms with E-state index in [2.05, 4.69) is 5.32 Å². The Balaban J connectivity index is 1.96. The van der Waals surface area contributed by atoms with Crippen LogP contribution in [0.5, 0.6) is 0 Å². The van der Waals surface area contributed by atoms with Gasteiger partial charge < -0.3 is 5.32 Å². The van der Waals surface area contributed by atoms with Gasteiger partial charge in [0.25, 0.3) is 11.8 Å². The number of rotatable bonds is 3. The molecule has 0 unspecified atom stereocenters. The van der Waals surface area contributed by atoms with E-state index in [1.165, 1.54) is 18.2 Å². The fourth-order valence-electron chi connectivity index (χ4n) is 2.71. The summed E-state index contributed by atoms with van der Waals surface area (Å²) in [7, 11) is 0. The molecule has 128 valence electrons. The predicted molar refractivity (Wildman–Crippen MR) is 101 cm³/mol. The number of nitrogens with zero attached hydrogens (tertiary/aromatic N) is 1. The SMILES string of the molecule is Cc1cc(C)cc(NC2=C(Cl)C(=O)N(c3cc(Cl)cc(Cl)c3)C2=O)c1. The molecule has 0 spiro atoms. The van der Waals surface area contributed by atoms with E-state index < -0.39 is 11.8 Å². The number of benzene rings is 2. The van der Waals surface area contributed by atoms with Crippen LogP contribution in [0.3, 0.4) is 0 Å². The lowest BCUT2D eigenvalue weighted by molar-refractivity contribution is -0.120. The Morgan fingerprint density at radius 3 is 1.92 bits per heavy atom.